The number of halogens is 8. The maximum absolute atomic E-state index is 12.5. The second-order valence-corrected chi connectivity index (χ2v) is 14.1. The second kappa shape index (κ2) is 17.0. The first-order chi connectivity index (χ1) is 25.4. The molecule has 4 heterocycles. The third kappa shape index (κ3) is 11.1. The number of nitrogens with one attached hydrogen (secondary N) is 1. The average molecular weight is 838 g/mol. The Morgan fingerprint density at radius 2 is 1.44 bits per heavy atom. The molecule has 0 bridgehead atoms. The van der Waals surface area contributed by atoms with Crippen LogP contribution in [0.15, 0.2) is 50.2 Å². The molecule has 11 nitrogen and oxygen atoms in total. The minimum Gasteiger partial charge on any atom is -0.440 e. The molecule has 0 aliphatic heterocycles. The molecule has 0 radical (unpaired) electrons. The summed E-state index contributed by atoms with van der Waals surface area (Å²) in [6, 6.07) is 9.22. The summed E-state index contributed by atoms with van der Waals surface area (Å²) in [6.45, 7) is 6.27. The average Bonchev–Trinajstić information content (AvgIpc) is 3.80. The fourth-order valence-electron chi connectivity index (χ4n) is 4.72. The highest BCUT2D eigenvalue weighted by Gasteiger charge is 2.31. The van der Waals surface area contributed by atoms with E-state index in [1.54, 1.807) is 29.9 Å². The summed E-state index contributed by atoms with van der Waals surface area (Å²) in [5.74, 6) is -1.57. The van der Waals surface area contributed by atoms with Crippen LogP contribution in [0.2, 0.25) is 10.0 Å². The van der Waals surface area contributed by atoms with Crippen LogP contribution in [0.4, 0.5) is 31.3 Å². The van der Waals surface area contributed by atoms with E-state index in [4.69, 9.17) is 36.8 Å². The van der Waals surface area contributed by atoms with Crippen LogP contribution in [-0.2, 0) is 46.7 Å². The molecule has 6 rings (SSSR count). The maximum atomic E-state index is 12.5. The molecular weight excluding hydrogens is 809 g/mol. The molecule has 0 aliphatic carbocycles. The summed E-state index contributed by atoms with van der Waals surface area (Å²) in [7, 11) is 0. The van der Waals surface area contributed by atoms with Gasteiger partial charge < -0.3 is 18.9 Å². The van der Waals surface area contributed by atoms with E-state index in [2.05, 4.69) is 24.7 Å². The van der Waals surface area contributed by atoms with Gasteiger partial charge in [0.15, 0.2) is 15.8 Å². The number of fused-ring (bicyclic) bond motifs is 2. The van der Waals surface area contributed by atoms with Crippen molar-refractivity contribution in [2.45, 2.75) is 65.5 Å². The smallest absolute Gasteiger partial charge is 0.397 e. The van der Waals surface area contributed by atoms with Crippen LogP contribution in [0.1, 0.15) is 41.2 Å². The quantitative estimate of drug-likeness (QED) is 0.135. The molecule has 6 aromatic rings. The first-order valence-electron chi connectivity index (χ1n) is 15.7. The van der Waals surface area contributed by atoms with Gasteiger partial charge in [0.1, 0.15) is 35.6 Å². The number of nitrogens with zero attached hydrogens (tertiary/aromatic N) is 5. The lowest BCUT2D eigenvalue weighted by Gasteiger charge is -2.03. The number of carbonyl (C=O) groups excluding carboxylic acids is 2. The van der Waals surface area contributed by atoms with Crippen molar-refractivity contribution in [2.24, 2.45) is 4.99 Å². The summed E-state index contributed by atoms with van der Waals surface area (Å²) in [5.41, 5.74) is 3.53. The van der Waals surface area contributed by atoms with E-state index in [9.17, 15) is 35.9 Å². The van der Waals surface area contributed by atoms with Gasteiger partial charge in [-0.3, -0.25) is 13.5 Å². The number of hydrogen-bond acceptors (Lipinski definition) is 10. The van der Waals surface area contributed by atoms with Crippen molar-refractivity contribution in [3.8, 4) is 0 Å². The summed E-state index contributed by atoms with van der Waals surface area (Å²) < 4.78 is 96.3. The Morgan fingerprint density at radius 1 is 0.889 bits per heavy atom. The van der Waals surface area contributed by atoms with Crippen molar-refractivity contribution < 1.29 is 49.5 Å². The summed E-state index contributed by atoms with van der Waals surface area (Å²) >= 11 is 14.5. The van der Waals surface area contributed by atoms with E-state index >= 15 is 0 Å². The Hall–Kier alpha value is -4.30. The van der Waals surface area contributed by atoms with Crippen molar-refractivity contribution in [1.29, 1.82) is 0 Å². The highest BCUT2D eigenvalue weighted by molar-refractivity contribution is 7.11. The number of rotatable bonds is 10. The van der Waals surface area contributed by atoms with Gasteiger partial charge in [-0.05, 0) is 79.2 Å². The Kier molecular flexibility index (Phi) is 12.9. The molecule has 2 aromatic carbocycles. The first-order valence-corrected chi connectivity index (χ1v) is 18.0. The fourth-order valence-corrected chi connectivity index (χ4v) is 6.90. The molecule has 0 unspecified atom stereocenters. The normalized spacial score (nSPS) is 12.4. The molecule has 0 fully saturated rings. The number of carbonyl (C=O) groups is 2. The molecule has 0 atom stereocenters. The van der Waals surface area contributed by atoms with E-state index in [1.807, 2.05) is 6.92 Å². The number of oxazole rings is 2. The SMILES string of the molecule is CCOCn1sc(=NC(=O)Cc2ccc3oc(CC(F)(F)F)nc3c2)c(Cl)c1C.Cc1nsc(NC(=O)Cc2ccc3oc(CC(F)(F)F)nc3c2)c1Cl. The highest BCUT2D eigenvalue weighted by Crippen LogP contribution is 2.30. The predicted octanol–water partition coefficient (Wildman–Crippen LogP) is 8.95. The molecule has 0 saturated heterocycles. The van der Waals surface area contributed by atoms with Crippen LogP contribution in [-0.4, -0.2) is 49.1 Å². The molecule has 21 heteroatoms. The predicted molar refractivity (Wildman–Crippen MR) is 190 cm³/mol. The van der Waals surface area contributed by atoms with Crippen molar-refractivity contribution in [3.05, 3.63) is 85.4 Å². The van der Waals surface area contributed by atoms with Crippen molar-refractivity contribution in [3.63, 3.8) is 0 Å². The van der Waals surface area contributed by atoms with Gasteiger partial charge >= 0.3 is 12.4 Å². The molecule has 0 spiro atoms. The van der Waals surface area contributed by atoms with E-state index in [0.29, 0.717) is 49.9 Å². The molecule has 4 aromatic heterocycles. The zero-order valence-corrected chi connectivity index (χ0v) is 31.5. The van der Waals surface area contributed by atoms with Crippen LogP contribution in [0.5, 0.6) is 0 Å². The van der Waals surface area contributed by atoms with Crippen molar-refractivity contribution in [2.75, 3.05) is 11.9 Å². The summed E-state index contributed by atoms with van der Waals surface area (Å²) in [4.78, 5) is 36.2. The van der Waals surface area contributed by atoms with Gasteiger partial charge in [-0.15, -0.1) is 0 Å². The molecular formula is C33H28Cl2F6N6O5S2. The van der Waals surface area contributed by atoms with Gasteiger partial charge in [0.05, 0.1) is 28.6 Å². The Labute approximate surface area is 319 Å². The van der Waals surface area contributed by atoms with Gasteiger partial charge in [-0.2, -0.15) is 35.7 Å². The van der Waals surface area contributed by atoms with Gasteiger partial charge in [-0.1, -0.05) is 35.3 Å². The van der Waals surface area contributed by atoms with E-state index in [1.165, 1.54) is 35.8 Å². The molecule has 0 saturated carbocycles. The standard InChI is InChI=1S/C18H17ClF3N3O3S.C15H11ClF3N3O2S/c1-3-27-9-25-10(2)16(19)17(29-25)24-14(26)7-11-4-5-13-12(6-11)23-15(28-13)8-18(20,21)22;1-7-13(16)14(25-22-7)21-11(23)5-8-2-3-10-9(4-8)20-12(24-10)6-15(17,18)19/h4-6H,3,7-9H2,1-2H3;2-4H,5-6H2,1H3,(H,21,23). The number of aromatic nitrogens is 4. The van der Waals surface area contributed by atoms with Crippen LogP contribution in [0.3, 0.4) is 0 Å². The topological polar surface area (TPSA) is 138 Å². The number of hydrogen-bond donors (Lipinski definition) is 1. The van der Waals surface area contributed by atoms with Crippen LogP contribution in [0.25, 0.3) is 22.2 Å². The number of ether oxygens (including phenoxy) is 1. The van der Waals surface area contributed by atoms with Gasteiger partial charge in [0.25, 0.3) is 5.91 Å². The number of benzene rings is 2. The minimum atomic E-state index is -4.41. The maximum Gasteiger partial charge on any atom is 0.397 e. The zero-order chi connectivity index (χ0) is 39.4. The van der Waals surface area contributed by atoms with Crippen molar-refractivity contribution in [1.82, 2.24) is 18.3 Å². The third-order valence-electron chi connectivity index (χ3n) is 7.17. The monoisotopic (exact) mass is 836 g/mol. The second-order valence-electron chi connectivity index (χ2n) is 11.5. The van der Waals surface area contributed by atoms with E-state index < -0.39 is 42.9 Å². The Balaban J connectivity index is 0.000000210. The molecule has 1 N–H and O–H groups in total. The van der Waals surface area contributed by atoms with Crippen LogP contribution >= 0.6 is 46.3 Å². The largest absolute Gasteiger partial charge is 0.440 e. The third-order valence-corrected chi connectivity index (χ3v) is 10.2. The number of aryl methyl sites for hydroxylation is 1. The lowest BCUT2D eigenvalue weighted by atomic mass is 10.1. The van der Waals surface area contributed by atoms with Gasteiger partial charge in [0.2, 0.25) is 17.7 Å². The Morgan fingerprint density at radius 3 is 1.94 bits per heavy atom. The molecule has 288 valence electrons. The number of alkyl halides is 6. The first kappa shape index (κ1) is 40.9. The number of amides is 2. The summed E-state index contributed by atoms with van der Waals surface area (Å²) in [5, 5.41) is 3.89. The van der Waals surface area contributed by atoms with Crippen molar-refractivity contribution >= 4 is 85.3 Å². The van der Waals surface area contributed by atoms with E-state index in [0.717, 1.165) is 17.2 Å². The number of anilines is 1. The summed E-state index contributed by atoms with van der Waals surface area (Å²) in [6.07, 6.45) is -11.3. The van der Waals surface area contributed by atoms with Gasteiger partial charge in [0, 0.05) is 12.3 Å². The van der Waals surface area contributed by atoms with Gasteiger partial charge in [-0.25, -0.2) is 9.97 Å². The van der Waals surface area contributed by atoms with Crippen LogP contribution < -0.4 is 9.99 Å². The molecule has 54 heavy (non-hydrogen) atoms. The lowest BCUT2D eigenvalue weighted by molar-refractivity contribution is -0.131. The molecule has 0 aliphatic rings. The van der Waals surface area contributed by atoms with E-state index in [-0.39, 0.29) is 40.9 Å². The zero-order valence-electron chi connectivity index (χ0n) is 28.3. The minimum absolute atomic E-state index is 0.0185. The van der Waals surface area contributed by atoms with Crippen LogP contribution in [0, 0.1) is 13.8 Å². The highest BCUT2D eigenvalue weighted by atomic mass is 35.5. The Bertz CT molecular complexity index is 2360. The lowest BCUT2D eigenvalue weighted by Crippen LogP contribution is -2.13. The fraction of sp³-hybridized carbons (Fsp3) is 0.333. The molecule has 2 amide bonds.